The second-order valence-electron chi connectivity index (χ2n) is 3.66. The Morgan fingerprint density at radius 3 is 2.38 bits per heavy atom. The summed E-state index contributed by atoms with van der Waals surface area (Å²) in [5.74, 6) is -0.536. The van der Waals surface area contributed by atoms with E-state index >= 15 is 0 Å². The van der Waals surface area contributed by atoms with Crippen LogP contribution >= 0.6 is 11.6 Å². The van der Waals surface area contributed by atoms with Crippen LogP contribution in [-0.2, 0) is 9.59 Å². The number of allylic oxidation sites excluding steroid dienone is 1. The van der Waals surface area contributed by atoms with E-state index in [2.05, 4.69) is 5.32 Å². The van der Waals surface area contributed by atoms with Gasteiger partial charge in [0.1, 0.15) is 0 Å². The van der Waals surface area contributed by atoms with Gasteiger partial charge in [-0.05, 0) is 30.2 Å². The quantitative estimate of drug-likeness (QED) is 0.599. The number of imide groups is 1. The first-order valence-corrected chi connectivity index (χ1v) is 5.25. The Hall–Kier alpha value is -1.61. The summed E-state index contributed by atoms with van der Waals surface area (Å²) in [4.78, 5) is 22.5. The van der Waals surface area contributed by atoms with E-state index in [-0.39, 0.29) is 18.2 Å². The summed E-state index contributed by atoms with van der Waals surface area (Å²) in [6, 6.07) is 7.19. The summed E-state index contributed by atoms with van der Waals surface area (Å²) in [6.45, 7) is 1.83. The minimum atomic E-state index is -0.294. The Balaban J connectivity index is 2.41. The second-order valence-corrected chi connectivity index (χ2v) is 4.10. The molecule has 1 aromatic carbocycles. The summed E-state index contributed by atoms with van der Waals surface area (Å²) in [5.41, 5.74) is 2.26. The van der Waals surface area contributed by atoms with Crippen molar-refractivity contribution in [1.82, 2.24) is 5.32 Å². The molecule has 1 fully saturated rings. The zero-order valence-electron chi connectivity index (χ0n) is 8.71. The average Bonchev–Trinajstić information content (AvgIpc) is 2.58. The molecule has 1 aliphatic rings. The maximum absolute atomic E-state index is 11.5. The molecule has 16 heavy (non-hydrogen) atoms. The van der Waals surface area contributed by atoms with Gasteiger partial charge in [0.25, 0.3) is 5.91 Å². The molecular formula is C12H10ClNO2. The molecule has 0 spiro atoms. The lowest BCUT2D eigenvalue weighted by Gasteiger charge is -2.04. The van der Waals surface area contributed by atoms with Crippen LogP contribution < -0.4 is 5.32 Å². The molecule has 2 amide bonds. The van der Waals surface area contributed by atoms with Crippen LogP contribution in [0, 0.1) is 0 Å². The fourth-order valence-corrected chi connectivity index (χ4v) is 1.79. The SMILES string of the molecule is CC(=C1CC(=O)NC1=O)c1ccc(Cl)cc1. The molecule has 0 aliphatic carbocycles. The largest absolute Gasteiger partial charge is 0.292 e. The van der Waals surface area contributed by atoms with Crippen LogP contribution in [0.3, 0.4) is 0 Å². The van der Waals surface area contributed by atoms with Crippen LogP contribution in [0.5, 0.6) is 0 Å². The van der Waals surface area contributed by atoms with Gasteiger partial charge in [0.05, 0.1) is 6.42 Å². The fourth-order valence-electron chi connectivity index (χ4n) is 1.66. The van der Waals surface area contributed by atoms with E-state index in [0.29, 0.717) is 10.6 Å². The van der Waals surface area contributed by atoms with Crippen LogP contribution in [-0.4, -0.2) is 11.8 Å². The molecule has 2 rings (SSSR count). The normalized spacial score (nSPS) is 18.6. The van der Waals surface area contributed by atoms with E-state index in [1.165, 1.54) is 0 Å². The molecular weight excluding hydrogens is 226 g/mol. The van der Waals surface area contributed by atoms with Crippen molar-refractivity contribution in [1.29, 1.82) is 0 Å². The number of nitrogens with one attached hydrogen (secondary N) is 1. The number of amides is 2. The Morgan fingerprint density at radius 2 is 1.88 bits per heavy atom. The lowest BCUT2D eigenvalue weighted by Crippen LogP contribution is -2.19. The molecule has 0 atom stereocenters. The molecule has 0 aromatic heterocycles. The topological polar surface area (TPSA) is 46.2 Å². The molecule has 3 nitrogen and oxygen atoms in total. The van der Waals surface area contributed by atoms with E-state index in [4.69, 9.17) is 11.6 Å². The van der Waals surface area contributed by atoms with Crippen molar-refractivity contribution in [3.8, 4) is 0 Å². The number of carbonyl (C=O) groups is 2. The first-order valence-electron chi connectivity index (χ1n) is 4.88. The minimum absolute atomic E-state index is 0.160. The molecule has 1 saturated heterocycles. The number of halogens is 1. The molecule has 1 aromatic rings. The zero-order chi connectivity index (χ0) is 11.7. The first kappa shape index (κ1) is 10.9. The Kier molecular flexibility index (Phi) is 2.79. The standard InChI is InChI=1S/C12H10ClNO2/c1-7(8-2-4-9(13)5-3-8)10-6-11(15)14-12(10)16/h2-5H,6H2,1H3,(H,14,15,16). The smallest absolute Gasteiger partial charge is 0.254 e. The third kappa shape index (κ3) is 1.99. The van der Waals surface area contributed by atoms with Crippen molar-refractivity contribution >= 4 is 29.0 Å². The van der Waals surface area contributed by atoms with Gasteiger partial charge in [-0.2, -0.15) is 0 Å². The zero-order valence-corrected chi connectivity index (χ0v) is 9.47. The Morgan fingerprint density at radius 1 is 1.25 bits per heavy atom. The summed E-state index contributed by atoms with van der Waals surface area (Å²) < 4.78 is 0. The van der Waals surface area contributed by atoms with E-state index in [0.717, 1.165) is 11.1 Å². The van der Waals surface area contributed by atoms with Crippen molar-refractivity contribution in [3.05, 3.63) is 40.4 Å². The molecule has 0 bridgehead atoms. The highest BCUT2D eigenvalue weighted by atomic mass is 35.5. The van der Waals surface area contributed by atoms with Gasteiger partial charge in [-0.1, -0.05) is 23.7 Å². The van der Waals surface area contributed by atoms with Crippen LogP contribution in [0.25, 0.3) is 5.57 Å². The summed E-state index contributed by atoms with van der Waals surface area (Å²) in [5, 5.41) is 2.91. The van der Waals surface area contributed by atoms with E-state index in [1.54, 1.807) is 12.1 Å². The molecule has 0 radical (unpaired) electrons. The highest BCUT2D eigenvalue weighted by Crippen LogP contribution is 2.24. The average molecular weight is 236 g/mol. The molecule has 1 heterocycles. The van der Waals surface area contributed by atoms with Gasteiger partial charge in [0, 0.05) is 10.6 Å². The summed E-state index contributed by atoms with van der Waals surface area (Å²) >= 11 is 5.78. The first-order chi connectivity index (χ1) is 7.58. The van der Waals surface area contributed by atoms with Gasteiger partial charge in [0.15, 0.2) is 0 Å². The van der Waals surface area contributed by atoms with Crippen molar-refractivity contribution in [2.75, 3.05) is 0 Å². The van der Waals surface area contributed by atoms with Crippen LogP contribution in [0.4, 0.5) is 0 Å². The van der Waals surface area contributed by atoms with Crippen molar-refractivity contribution in [3.63, 3.8) is 0 Å². The molecule has 0 saturated carbocycles. The molecule has 0 unspecified atom stereocenters. The number of rotatable bonds is 1. The maximum atomic E-state index is 11.5. The third-order valence-electron chi connectivity index (χ3n) is 2.59. The van der Waals surface area contributed by atoms with Gasteiger partial charge in [-0.25, -0.2) is 0 Å². The lowest BCUT2D eigenvalue weighted by atomic mass is 10.0. The van der Waals surface area contributed by atoms with Gasteiger partial charge >= 0.3 is 0 Å². The lowest BCUT2D eigenvalue weighted by molar-refractivity contribution is -0.124. The highest BCUT2D eigenvalue weighted by molar-refractivity contribution is 6.30. The number of hydrogen-bond donors (Lipinski definition) is 1. The number of hydrogen-bond acceptors (Lipinski definition) is 2. The fraction of sp³-hybridized carbons (Fsp3) is 0.167. The highest BCUT2D eigenvalue weighted by Gasteiger charge is 2.25. The van der Waals surface area contributed by atoms with E-state index in [9.17, 15) is 9.59 Å². The summed E-state index contributed by atoms with van der Waals surface area (Å²) in [6.07, 6.45) is 0.160. The monoisotopic (exact) mass is 235 g/mol. The van der Waals surface area contributed by atoms with Gasteiger partial charge in [0.2, 0.25) is 5.91 Å². The maximum Gasteiger partial charge on any atom is 0.254 e. The van der Waals surface area contributed by atoms with Gasteiger partial charge in [-0.3, -0.25) is 14.9 Å². The van der Waals surface area contributed by atoms with E-state index in [1.807, 2.05) is 19.1 Å². The Labute approximate surface area is 98.1 Å². The van der Waals surface area contributed by atoms with Crippen molar-refractivity contribution < 1.29 is 9.59 Å². The molecule has 1 N–H and O–H groups in total. The van der Waals surface area contributed by atoms with Gasteiger partial charge < -0.3 is 0 Å². The van der Waals surface area contributed by atoms with Crippen molar-refractivity contribution in [2.45, 2.75) is 13.3 Å². The number of carbonyl (C=O) groups excluding carboxylic acids is 2. The second kappa shape index (κ2) is 4.10. The summed E-state index contributed by atoms with van der Waals surface area (Å²) in [7, 11) is 0. The minimum Gasteiger partial charge on any atom is -0.292 e. The molecule has 82 valence electrons. The third-order valence-corrected chi connectivity index (χ3v) is 2.85. The number of benzene rings is 1. The van der Waals surface area contributed by atoms with Crippen LogP contribution in [0.1, 0.15) is 18.9 Å². The predicted molar refractivity (Wildman–Crippen MR) is 61.8 cm³/mol. The molecule has 4 heteroatoms. The molecule has 1 aliphatic heterocycles. The van der Waals surface area contributed by atoms with Crippen LogP contribution in [0.15, 0.2) is 29.8 Å². The predicted octanol–water partition coefficient (Wildman–Crippen LogP) is 2.16. The Bertz CT molecular complexity index is 488. The van der Waals surface area contributed by atoms with E-state index < -0.39 is 0 Å². The van der Waals surface area contributed by atoms with Crippen LogP contribution in [0.2, 0.25) is 5.02 Å². The van der Waals surface area contributed by atoms with Gasteiger partial charge in [-0.15, -0.1) is 0 Å². The van der Waals surface area contributed by atoms with Crippen molar-refractivity contribution in [2.24, 2.45) is 0 Å².